The third-order valence-corrected chi connectivity index (χ3v) is 4.87. The molecule has 1 atom stereocenters. The quantitative estimate of drug-likeness (QED) is 0.854. The Morgan fingerprint density at radius 1 is 0.957 bits per heavy atom. The standard InChI is InChI=1S/C19H21ClN2O/c1-15(17-9-5-6-10-18(17)20)21-11-13-22(14-12-21)19(23)16-7-3-2-4-8-16/h2-10,15H,11-14H2,1H3/t15-/m0/s1. The first-order valence-corrected chi connectivity index (χ1v) is 8.37. The smallest absolute Gasteiger partial charge is 0.253 e. The van der Waals surface area contributed by atoms with Gasteiger partial charge in [-0.05, 0) is 30.7 Å². The summed E-state index contributed by atoms with van der Waals surface area (Å²) >= 11 is 6.31. The molecule has 1 fully saturated rings. The first-order chi connectivity index (χ1) is 11.2. The van der Waals surface area contributed by atoms with E-state index in [1.54, 1.807) is 0 Å². The van der Waals surface area contributed by atoms with Crippen molar-refractivity contribution in [3.63, 3.8) is 0 Å². The van der Waals surface area contributed by atoms with Gasteiger partial charge in [-0.2, -0.15) is 0 Å². The van der Waals surface area contributed by atoms with Crippen molar-refractivity contribution in [2.75, 3.05) is 26.2 Å². The van der Waals surface area contributed by atoms with E-state index in [0.717, 1.165) is 42.3 Å². The van der Waals surface area contributed by atoms with E-state index < -0.39 is 0 Å². The lowest BCUT2D eigenvalue weighted by molar-refractivity contribution is 0.0582. The van der Waals surface area contributed by atoms with Crippen LogP contribution >= 0.6 is 11.6 Å². The number of hydrogen-bond acceptors (Lipinski definition) is 2. The molecule has 3 nitrogen and oxygen atoms in total. The molecule has 0 N–H and O–H groups in total. The molecule has 0 radical (unpaired) electrons. The van der Waals surface area contributed by atoms with Crippen LogP contribution in [0.25, 0.3) is 0 Å². The van der Waals surface area contributed by atoms with Crippen molar-refractivity contribution in [3.8, 4) is 0 Å². The summed E-state index contributed by atoms with van der Waals surface area (Å²) in [6, 6.07) is 17.7. The molecule has 0 spiro atoms. The minimum absolute atomic E-state index is 0.121. The molecule has 0 saturated carbocycles. The summed E-state index contributed by atoms with van der Waals surface area (Å²) in [6.07, 6.45) is 0. The highest BCUT2D eigenvalue weighted by Gasteiger charge is 2.25. The number of nitrogens with zero attached hydrogens (tertiary/aromatic N) is 2. The van der Waals surface area contributed by atoms with E-state index in [1.165, 1.54) is 0 Å². The second kappa shape index (κ2) is 7.16. The first-order valence-electron chi connectivity index (χ1n) is 7.99. The molecule has 3 rings (SSSR count). The number of carbonyl (C=O) groups excluding carboxylic acids is 1. The molecule has 0 aromatic heterocycles. The molecular weight excluding hydrogens is 308 g/mol. The van der Waals surface area contributed by atoms with E-state index in [4.69, 9.17) is 11.6 Å². The van der Waals surface area contributed by atoms with E-state index in [2.05, 4.69) is 17.9 Å². The molecule has 1 aliphatic heterocycles. The van der Waals surface area contributed by atoms with Crippen molar-refractivity contribution in [2.24, 2.45) is 0 Å². The first kappa shape index (κ1) is 16.0. The van der Waals surface area contributed by atoms with Gasteiger partial charge in [-0.1, -0.05) is 48.0 Å². The Kier molecular flexibility index (Phi) is 4.99. The fraction of sp³-hybridized carbons (Fsp3) is 0.316. The Hall–Kier alpha value is -1.84. The summed E-state index contributed by atoms with van der Waals surface area (Å²) in [5, 5.41) is 0.808. The van der Waals surface area contributed by atoms with Gasteiger partial charge in [0.2, 0.25) is 0 Å². The van der Waals surface area contributed by atoms with Crippen molar-refractivity contribution in [3.05, 3.63) is 70.7 Å². The molecule has 2 aromatic carbocycles. The summed E-state index contributed by atoms with van der Waals surface area (Å²) in [7, 11) is 0. The van der Waals surface area contributed by atoms with Crippen LogP contribution in [-0.4, -0.2) is 41.9 Å². The van der Waals surface area contributed by atoms with Crippen LogP contribution in [0.4, 0.5) is 0 Å². The number of halogens is 1. The summed E-state index contributed by atoms with van der Waals surface area (Å²) in [5.41, 5.74) is 1.91. The van der Waals surface area contributed by atoms with Crippen LogP contribution in [0.1, 0.15) is 28.9 Å². The molecule has 1 heterocycles. The average molecular weight is 329 g/mol. The van der Waals surface area contributed by atoms with Crippen LogP contribution in [0, 0.1) is 0 Å². The lowest BCUT2D eigenvalue weighted by atomic mass is 10.1. The molecule has 0 unspecified atom stereocenters. The largest absolute Gasteiger partial charge is 0.336 e. The number of carbonyl (C=O) groups is 1. The van der Waals surface area contributed by atoms with Gasteiger partial charge in [0, 0.05) is 42.8 Å². The molecular formula is C19H21ClN2O. The van der Waals surface area contributed by atoms with E-state index >= 15 is 0 Å². The Morgan fingerprint density at radius 2 is 1.57 bits per heavy atom. The molecule has 120 valence electrons. The van der Waals surface area contributed by atoms with Gasteiger partial charge in [0.25, 0.3) is 5.91 Å². The molecule has 2 aromatic rings. The van der Waals surface area contributed by atoms with Crippen LogP contribution in [0.5, 0.6) is 0 Å². The van der Waals surface area contributed by atoms with Crippen LogP contribution in [0.15, 0.2) is 54.6 Å². The SMILES string of the molecule is C[C@@H](c1ccccc1Cl)N1CCN(C(=O)c2ccccc2)CC1. The highest BCUT2D eigenvalue weighted by molar-refractivity contribution is 6.31. The second-order valence-electron chi connectivity index (χ2n) is 5.89. The second-order valence-corrected chi connectivity index (χ2v) is 6.30. The molecule has 23 heavy (non-hydrogen) atoms. The number of rotatable bonds is 3. The van der Waals surface area contributed by atoms with Gasteiger partial charge >= 0.3 is 0 Å². The van der Waals surface area contributed by atoms with Gasteiger partial charge in [-0.15, -0.1) is 0 Å². The van der Waals surface area contributed by atoms with Gasteiger partial charge in [0.05, 0.1) is 0 Å². The lowest BCUT2D eigenvalue weighted by Crippen LogP contribution is -2.49. The fourth-order valence-corrected chi connectivity index (χ4v) is 3.38. The zero-order valence-electron chi connectivity index (χ0n) is 13.3. The van der Waals surface area contributed by atoms with E-state index in [-0.39, 0.29) is 11.9 Å². The van der Waals surface area contributed by atoms with Crippen LogP contribution in [0.3, 0.4) is 0 Å². The summed E-state index contributed by atoms with van der Waals surface area (Å²) in [6.45, 7) is 5.41. The molecule has 1 aliphatic rings. The van der Waals surface area contributed by atoms with Gasteiger partial charge in [0.15, 0.2) is 0 Å². The topological polar surface area (TPSA) is 23.6 Å². The zero-order valence-corrected chi connectivity index (χ0v) is 14.0. The number of benzene rings is 2. The Labute approximate surface area is 142 Å². The minimum atomic E-state index is 0.121. The third kappa shape index (κ3) is 3.57. The lowest BCUT2D eigenvalue weighted by Gasteiger charge is -2.38. The highest BCUT2D eigenvalue weighted by atomic mass is 35.5. The molecule has 1 amide bonds. The van der Waals surface area contributed by atoms with Crippen molar-refractivity contribution < 1.29 is 4.79 Å². The summed E-state index contributed by atoms with van der Waals surface area (Å²) in [4.78, 5) is 16.8. The summed E-state index contributed by atoms with van der Waals surface area (Å²) < 4.78 is 0. The van der Waals surface area contributed by atoms with E-state index in [0.29, 0.717) is 0 Å². The molecule has 1 saturated heterocycles. The van der Waals surface area contributed by atoms with Crippen molar-refractivity contribution >= 4 is 17.5 Å². The van der Waals surface area contributed by atoms with Gasteiger partial charge in [0.1, 0.15) is 0 Å². The van der Waals surface area contributed by atoms with Gasteiger partial charge in [-0.3, -0.25) is 9.69 Å². The van der Waals surface area contributed by atoms with Crippen LogP contribution in [0.2, 0.25) is 5.02 Å². The van der Waals surface area contributed by atoms with Crippen molar-refractivity contribution in [1.29, 1.82) is 0 Å². The maximum Gasteiger partial charge on any atom is 0.253 e. The average Bonchev–Trinajstić information content (AvgIpc) is 2.62. The predicted octanol–water partition coefficient (Wildman–Crippen LogP) is 3.86. The van der Waals surface area contributed by atoms with Crippen LogP contribution in [-0.2, 0) is 0 Å². The van der Waals surface area contributed by atoms with E-state index in [9.17, 15) is 4.79 Å². The van der Waals surface area contributed by atoms with E-state index in [1.807, 2.05) is 53.4 Å². The van der Waals surface area contributed by atoms with Crippen molar-refractivity contribution in [2.45, 2.75) is 13.0 Å². The van der Waals surface area contributed by atoms with Gasteiger partial charge < -0.3 is 4.90 Å². The third-order valence-electron chi connectivity index (χ3n) is 4.53. The molecule has 0 aliphatic carbocycles. The van der Waals surface area contributed by atoms with Crippen LogP contribution < -0.4 is 0 Å². The predicted molar refractivity (Wildman–Crippen MR) is 93.8 cm³/mol. The maximum absolute atomic E-state index is 12.5. The zero-order chi connectivity index (χ0) is 16.2. The fourth-order valence-electron chi connectivity index (χ4n) is 3.09. The normalized spacial score (nSPS) is 17.0. The maximum atomic E-state index is 12.5. The molecule has 4 heteroatoms. The van der Waals surface area contributed by atoms with Crippen molar-refractivity contribution in [1.82, 2.24) is 9.80 Å². The van der Waals surface area contributed by atoms with Gasteiger partial charge in [-0.25, -0.2) is 0 Å². The Bertz CT molecular complexity index is 666. The number of hydrogen-bond donors (Lipinski definition) is 0. The summed E-state index contributed by atoms with van der Waals surface area (Å²) in [5.74, 6) is 0.121. The Balaban J connectivity index is 1.62. The number of piperazine rings is 1. The Morgan fingerprint density at radius 3 is 2.22 bits per heavy atom. The minimum Gasteiger partial charge on any atom is -0.336 e. The molecule has 0 bridgehead atoms. The highest BCUT2D eigenvalue weighted by Crippen LogP contribution is 2.27. The monoisotopic (exact) mass is 328 g/mol. The number of amides is 1.